The SMILES string of the molecule is CC(C)c1ccc(S(=O)(=O)O)cc1.OCCN(CCO)CCO. The minimum absolute atomic E-state index is 0.0584. The number of nitrogens with zero attached hydrogens (tertiary/aromatic N) is 1. The van der Waals surface area contributed by atoms with E-state index in [4.69, 9.17) is 19.9 Å². The van der Waals surface area contributed by atoms with E-state index in [2.05, 4.69) is 0 Å². The van der Waals surface area contributed by atoms with Crippen LogP contribution in [0.4, 0.5) is 0 Å². The maximum atomic E-state index is 10.7. The Kier molecular flexibility index (Phi) is 11.0. The molecule has 4 N–H and O–H groups in total. The van der Waals surface area contributed by atoms with Gasteiger partial charge in [0.05, 0.1) is 24.7 Å². The molecule has 0 aliphatic rings. The molecule has 0 unspecified atom stereocenters. The van der Waals surface area contributed by atoms with Crippen molar-refractivity contribution >= 4 is 10.1 Å². The molecule has 0 radical (unpaired) electrons. The molecule has 23 heavy (non-hydrogen) atoms. The maximum absolute atomic E-state index is 10.7. The predicted molar refractivity (Wildman–Crippen MR) is 88.0 cm³/mol. The summed E-state index contributed by atoms with van der Waals surface area (Å²) < 4.78 is 30.0. The highest BCUT2D eigenvalue weighted by Gasteiger charge is 2.08. The van der Waals surface area contributed by atoms with Crippen LogP contribution in [0.1, 0.15) is 25.3 Å². The van der Waals surface area contributed by atoms with Gasteiger partial charge in [-0.25, -0.2) is 0 Å². The third-order valence-corrected chi connectivity index (χ3v) is 3.96. The van der Waals surface area contributed by atoms with E-state index in [0.29, 0.717) is 25.6 Å². The molecule has 0 aliphatic carbocycles. The van der Waals surface area contributed by atoms with Crippen molar-refractivity contribution in [1.29, 1.82) is 0 Å². The van der Waals surface area contributed by atoms with Crippen LogP contribution in [0.2, 0.25) is 0 Å². The summed E-state index contributed by atoms with van der Waals surface area (Å²) in [5, 5.41) is 25.5. The van der Waals surface area contributed by atoms with Gasteiger partial charge in [0, 0.05) is 19.6 Å². The Morgan fingerprint density at radius 2 is 1.30 bits per heavy atom. The Bertz CT molecular complexity index is 501. The Balaban J connectivity index is 0.000000438. The van der Waals surface area contributed by atoms with E-state index in [0.717, 1.165) is 5.56 Å². The van der Waals surface area contributed by atoms with Crippen LogP contribution in [0.5, 0.6) is 0 Å². The molecule has 0 aliphatic heterocycles. The summed E-state index contributed by atoms with van der Waals surface area (Å²) >= 11 is 0. The molecule has 0 heterocycles. The molecule has 0 aromatic heterocycles. The van der Waals surface area contributed by atoms with Crippen LogP contribution in [0, 0.1) is 0 Å². The van der Waals surface area contributed by atoms with E-state index in [1.807, 2.05) is 13.8 Å². The average Bonchev–Trinajstić information content (AvgIpc) is 2.48. The number of aliphatic hydroxyl groups excluding tert-OH is 3. The smallest absolute Gasteiger partial charge is 0.294 e. The van der Waals surface area contributed by atoms with Crippen molar-refractivity contribution in [2.45, 2.75) is 24.7 Å². The third-order valence-electron chi connectivity index (χ3n) is 3.09. The zero-order valence-corrected chi connectivity index (χ0v) is 14.4. The van der Waals surface area contributed by atoms with Crippen molar-refractivity contribution in [3.05, 3.63) is 29.8 Å². The first-order valence-corrected chi connectivity index (χ1v) is 8.82. The second-order valence-corrected chi connectivity index (χ2v) is 6.63. The molecular weight excluding hydrogens is 322 g/mol. The summed E-state index contributed by atoms with van der Waals surface area (Å²) in [6.45, 7) is 5.79. The van der Waals surface area contributed by atoms with E-state index >= 15 is 0 Å². The summed E-state index contributed by atoms with van der Waals surface area (Å²) in [6.07, 6.45) is 0. The quantitative estimate of drug-likeness (QED) is 0.499. The molecule has 134 valence electrons. The molecule has 1 aromatic rings. The summed E-state index contributed by atoms with van der Waals surface area (Å²) in [4.78, 5) is 1.73. The van der Waals surface area contributed by atoms with Gasteiger partial charge in [-0.1, -0.05) is 26.0 Å². The Labute approximate surface area is 137 Å². The van der Waals surface area contributed by atoms with Crippen molar-refractivity contribution in [2.24, 2.45) is 0 Å². The Morgan fingerprint density at radius 1 is 0.913 bits per heavy atom. The lowest BCUT2D eigenvalue weighted by Gasteiger charge is -2.17. The van der Waals surface area contributed by atoms with E-state index in [1.54, 1.807) is 17.0 Å². The zero-order chi connectivity index (χ0) is 17.9. The first kappa shape index (κ1) is 22.0. The normalized spacial score (nSPS) is 11.5. The van der Waals surface area contributed by atoms with Gasteiger partial charge in [0.2, 0.25) is 0 Å². The minimum Gasteiger partial charge on any atom is -0.395 e. The van der Waals surface area contributed by atoms with Crippen molar-refractivity contribution in [1.82, 2.24) is 4.90 Å². The van der Waals surface area contributed by atoms with Crippen molar-refractivity contribution in [3.8, 4) is 0 Å². The number of benzene rings is 1. The first-order valence-electron chi connectivity index (χ1n) is 7.38. The van der Waals surface area contributed by atoms with E-state index in [9.17, 15) is 8.42 Å². The first-order chi connectivity index (χ1) is 10.8. The number of hydrogen-bond donors (Lipinski definition) is 4. The molecule has 0 amide bonds. The van der Waals surface area contributed by atoms with Crippen molar-refractivity contribution < 1.29 is 28.3 Å². The number of hydrogen-bond acceptors (Lipinski definition) is 6. The van der Waals surface area contributed by atoms with Gasteiger partial charge in [-0.2, -0.15) is 8.42 Å². The molecule has 8 heteroatoms. The summed E-state index contributed by atoms with van der Waals surface area (Å²) in [7, 11) is -4.05. The van der Waals surface area contributed by atoms with Gasteiger partial charge in [-0.15, -0.1) is 0 Å². The molecular formula is C15H27NO6S. The van der Waals surface area contributed by atoms with Crippen LogP contribution < -0.4 is 0 Å². The van der Waals surface area contributed by atoms with Gasteiger partial charge in [-0.05, 0) is 23.6 Å². The van der Waals surface area contributed by atoms with Gasteiger partial charge >= 0.3 is 0 Å². The summed E-state index contributed by atoms with van der Waals surface area (Å²) in [5.41, 5.74) is 1.05. The zero-order valence-electron chi connectivity index (χ0n) is 13.6. The third kappa shape index (κ3) is 9.65. The average molecular weight is 349 g/mol. The number of aliphatic hydroxyl groups is 3. The van der Waals surface area contributed by atoms with Crippen LogP contribution in [0.25, 0.3) is 0 Å². The molecule has 1 aromatic carbocycles. The van der Waals surface area contributed by atoms with Crippen molar-refractivity contribution in [2.75, 3.05) is 39.5 Å². The van der Waals surface area contributed by atoms with Crippen LogP contribution in [-0.4, -0.2) is 72.6 Å². The van der Waals surface area contributed by atoms with Crippen LogP contribution in [-0.2, 0) is 10.1 Å². The Hall–Kier alpha value is -1.03. The highest BCUT2D eigenvalue weighted by molar-refractivity contribution is 7.85. The monoisotopic (exact) mass is 349 g/mol. The maximum Gasteiger partial charge on any atom is 0.294 e. The second-order valence-electron chi connectivity index (χ2n) is 5.21. The van der Waals surface area contributed by atoms with Crippen LogP contribution >= 0.6 is 0 Å². The van der Waals surface area contributed by atoms with Crippen molar-refractivity contribution in [3.63, 3.8) is 0 Å². The topological polar surface area (TPSA) is 118 Å². The fourth-order valence-electron chi connectivity index (χ4n) is 1.78. The molecule has 0 atom stereocenters. The van der Waals surface area contributed by atoms with E-state index in [-0.39, 0.29) is 24.7 Å². The highest BCUT2D eigenvalue weighted by atomic mass is 32.2. The van der Waals surface area contributed by atoms with Gasteiger partial charge < -0.3 is 15.3 Å². The largest absolute Gasteiger partial charge is 0.395 e. The van der Waals surface area contributed by atoms with E-state index in [1.165, 1.54) is 12.1 Å². The lowest BCUT2D eigenvalue weighted by molar-refractivity contribution is 0.136. The van der Waals surface area contributed by atoms with E-state index < -0.39 is 10.1 Å². The molecule has 0 spiro atoms. The highest BCUT2D eigenvalue weighted by Crippen LogP contribution is 2.16. The van der Waals surface area contributed by atoms with Gasteiger partial charge in [0.25, 0.3) is 10.1 Å². The van der Waals surface area contributed by atoms with Gasteiger partial charge in [0.15, 0.2) is 0 Å². The fraction of sp³-hybridized carbons (Fsp3) is 0.600. The molecule has 0 saturated carbocycles. The molecule has 0 fully saturated rings. The summed E-state index contributed by atoms with van der Waals surface area (Å²) in [5.74, 6) is 0.357. The van der Waals surface area contributed by atoms with Gasteiger partial charge in [-0.3, -0.25) is 9.45 Å². The lowest BCUT2D eigenvalue weighted by Crippen LogP contribution is -2.32. The molecule has 7 nitrogen and oxygen atoms in total. The minimum atomic E-state index is -4.05. The molecule has 0 saturated heterocycles. The number of rotatable bonds is 8. The second kappa shape index (κ2) is 11.5. The summed E-state index contributed by atoms with van der Waals surface area (Å²) in [6, 6.07) is 6.22. The van der Waals surface area contributed by atoms with Crippen LogP contribution in [0.3, 0.4) is 0 Å². The lowest BCUT2D eigenvalue weighted by atomic mass is 10.0. The Morgan fingerprint density at radius 3 is 1.57 bits per heavy atom. The molecule has 0 bridgehead atoms. The van der Waals surface area contributed by atoms with Gasteiger partial charge in [0.1, 0.15) is 0 Å². The molecule has 1 rings (SSSR count). The predicted octanol–water partition coefficient (Wildman–Crippen LogP) is 0.322. The van der Waals surface area contributed by atoms with Crippen LogP contribution in [0.15, 0.2) is 29.2 Å². The standard InChI is InChI=1S/C9H12O3S.C6H15NO3/c1-7(2)8-3-5-9(6-4-8)13(10,11)12;8-4-1-7(2-5-9)3-6-10/h3-7H,1-2H3,(H,10,11,12);8-10H,1-6H2. The fourth-order valence-corrected chi connectivity index (χ4v) is 2.26.